The molecule has 1 atom stereocenters. The third kappa shape index (κ3) is 2.96. The van der Waals surface area contributed by atoms with E-state index in [1.165, 1.54) is 0 Å². The maximum Gasteiger partial charge on any atom is 0.128 e. The number of nitrogens with zero attached hydrogens (tertiary/aromatic N) is 3. The second-order valence-electron chi connectivity index (χ2n) is 4.66. The maximum atomic E-state index is 5.90. The van der Waals surface area contributed by atoms with E-state index < -0.39 is 0 Å². The van der Waals surface area contributed by atoms with E-state index in [2.05, 4.69) is 27.8 Å². The normalized spacial score (nSPS) is 19.4. The molecule has 1 saturated heterocycles. The Kier molecular flexibility index (Phi) is 3.97. The molecule has 0 bridgehead atoms. The zero-order valence-corrected chi connectivity index (χ0v) is 10.8. The summed E-state index contributed by atoms with van der Waals surface area (Å²) in [5.41, 5.74) is 7.06. The van der Waals surface area contributed by atoms with E-state index in [1.54, 1.807) is 0 Å². The largest absolute Gasteiger partial charge is 0.354 e. The fourth-order valence-corrected chi connectivity index (χ4v) is 2.18. The summed E-state index contributed by atoms with van der Waals surface area (Å²) in [5, 5.41) is 0. The molecule has 1 fully saturated rings. The highest BCUT2D eigenvalue weighted by atomic mass is 15.3. The van der Waals surface area contributed by atoms with Gasteiger partial charge >= 0.3 is 0 Å². The number of nitrogens with two attached hydrogens (primary N) is 1. The Morgan fingerprint density at radius 2 is 2.06 bits per heavy atom. The first kappa shape index (κ1) is 12.3. The average Bonchev–Trinajstić information content (AvgIpc) is 2.39. The van der Waals surface area contributed by atoms with Crippen molar-refractivity contribution in [2.24, 2.45) is 5.73 Å². The molecule has 1 unspecified atom stereocenters. The van der Waals surface area contributed by atoms with Crippen LogP contribution in [0.3, 0.4) is 0 Å². The van der Waals surface area contributed by atoms with Crippen LogP contribution in [0.4, 0.5) is 5.82 Å². The van der Waals surface area contributed by atoms with Crippen molar-refractivity contribution in [2.75, 3.05) is 37.6 Å². The molecule has 17 heavy (non-hydrogen) atoms. The van der Waals surface area contributed by atoms with Gasteiger partial charge < -0.3 is 15.5 Å². The van der Waals surface area contributed by atoms with Crippen molar-refractivity contribution in [3.63, 3.8) is 0 Å². The van der Waals surface area contributed by atoms with Gasteiger partial charge in [-0.3, -0.25) is 0 Å². The SMILES string of the molecule is CCN1CCN(c2cc(C(C)N)ccn2)CC1. The van der Waals surface area contributed by atoms with Gasteiger partial charge in [0.25, 0.3) is 0 Å². The minimum Gasteiger partial charge on any atom is -0.354 e. The molecule has 4 heteroatoms. The summed E-state index contributed by atoms with van der Waals surface area (Å²) in [4.78, 5) is 9.26. The third-order valence-corrected chi connectivity index (χ3v) is 3.44. The molecule has 0 aromatic carbocycles. The van der Waals surface area contributed by atoms with E-state index in [-0.39, 0.29) is 6.04 Å². The van der Waals surface area contributed by atoms with Crippen LogP contribution in [0.25, 0.3) is 0 Å². The van der Waals surface area contributed by atoms with Gasteiger partial charge in [-0.1, -0.05) is 6.92 Å². The van der Waals surface area contributed by atoms with Crippen molar-refractivity contribution < 1.29 is 0 Å². The van der Waals surface area contributed by atoms with E-state index in [4.69, 9.17) is 5.73 Å². The van der Waals surface area contributed by atoms with E-state index >= 15 is 0 Å². The molecule has 2 N–H and O–H groups in total. The van der Waals surface area contributed by atoms with Crippen molar-refractivity contribution in [1.29, 1.82) is 0 Å². The van der Waals surface area contributed by atoms with Crippen LogP contribution in [0.15, 0.2) is 18.3 Å². The van der Waals surface area contributed by atoms with Gasteiger partial charge in [-0.05, 0) is 31.2 Å². The van der Waals surface area contributed by atoms with Crippen molar-refractivity contribution in [2.45, 2.75) is 19.9 Å². The molecule has 0 spiro atoms. The minimum absolute atomic E-state index is 0.0775. The zero-order valence-electron chi connectivity index (χ0n) is 10.8. The van der Waals surface area contributed by atoms with Gasteiger partial charge in [-0.25, -0.2) is 4.98 Å². The molecule has 4 nitrogen and oxygen atoms in total. The summed E-state index contributed by atoms with van der Waals surface area (Å²) in [7, 11) is 0. The highest BCUT2D eigenvalue weighted by Gasteiger charge is 2.17. The smallest absolute Gasteiger partial charge is 0.128 e. The van der Waals surface area contributed by atoms with Crippen molar-refractivity contribution >= 4 is 5.82 Å². The molecular formula is C13H22N4. The lowest BCUT2D eigenvalue weighted by Crippen LogP contribution is -2.46. The molecule has 94 valence electrons. The van der Waals surface area contributed by atoms with Gasteiger partial charge in [-0.15, -0.1) is 0 Å². The van der Waals surface area contributed by atoms with Crippen molar-refractivity contribution in [3.05, 3.63) is 23.9 Å². The molecule has 1 aromatic rings. The lowest BCUT2D eigenvalue weighted by Gasteiger charge is -2.34. The monoisotopic (exact) mass is 234 g/mol. The summed E-state index contributed by atoms with van der Waals surface area (Å²) in [6, 6.07) is 4.19. The number of hydrogen-bond donors (Lipinski definition) is 1. The predicted molar refractivity (Wildman–Crippen MR) is 71.2 cm³/mol. The number of aromatic nitrogens is 1. The highest BCUT2D eigenvalue weighted by molar-refractivity contribution is 5.42. The quantitative estimate of drug-likeness (QED) is 0.855. The molecule has 0 amide bonds. The van der Waals surface area contributed by atoms with Crippen LogP contribution in [0.2, 0.25) is 0 Å². The molecule has 2 heterocycles. The number of piperazine rings is 1. The summed E-state index contributed by atoms with van der Waals surface area (Å²) < 4.78 is 0. The van der Waals surface area contributed by atoms with E-state index in [0.29, 0.717) is 0 Å². The summed E-state index contributed by atoms with van der Waals surface area (Å²) >= 11 is 0. The van der Waals surface area contributed by atoms with E-state index in [0.717, 1.165) is 44.1 Å². The van der Waals surface area contributed by atoms with Gasteiger partial charge in [0.1, 0.15) is 5.82 Å². The molecule has 1 aromatic heterocycles. The van der Waals surface area contributed by atoms with Gasteiger partial charge in [0.2, 0.25) is 0 Å². The number of rotatable bonds is 3. The predicted octanol–water partition coefficient (Wildman–Crippen LogP) is 1.24. The first-order valence-corrected chi connectivity index (χ1v) is 6.39. The molecule has 1 aliphatic heterocycles. The first-order valence-electron chi connectivity index (χ1n) is 6.39. The fraction of sp³-hybridized carbons (Fsp3) is 0.615. The number of likely N-dealkylation sites (N-methyl/N-ethyl adjacent to an activating group) is 1. The fourth-order valence-electron chi connectivity index (χ4n) is 2.18. The van der Waals surface area contributed by atoms with Gasteiger partial charge in [0, 0.05) is 38.4 Å². The van der Waals surface area contributed by atoms with Crippen LogP contribution in [-0.2, 0) is 0 Å². The molecule has 2 rings (SSSR count). The summed E-state index contributed by atoms with van der Waals surface area (Å²) in [6.45, 7) is 9.73. The molecule has 0 radical (unpaired) electrons. The van der Waals surface area contributed by atoms with Gasteiger partial charge in [0.15, 0.2) is 0 Å². The Balaban J connectivity index is 2.05. The lowest BCUT2D eigenvalue weighted by atomic mass is 10.1. The van der Waals surface area contributed by atoms with Crippen LogP contribution in [-0.4, -0.2) is 42.6 Å². The van der Waals surface area contributed by atoms with Crippen LogP contribution >= 0.6 is 0 Å². The molecule has 0 saturated carbocycles. The Morgan fingerprint density at radius 1 is 1.35 bits per heavy atom. The van der Waals surface area contributed by atoms with E-state index in [9.17, 15) is 0 Å². The van der Waals surface area contributed by atoms with Crippen LogP contribution in [0, 0.1) is 0 Å². The second-order valence-corrected chi connectivity index (χ2v) is 4.66. The number of anilines is 1. The second kappa shape index (κ2) is 5.47. The van der Waals surface area contributed by atoms with Gasteiger partial charge in [-0.2, -0.15) is 0 Å². The highest BCUT2D eigenvalue weighted by Crippen LogP contribution is 2.18. The van der Waals surface area contributed by atoms with Crippen LogP contribution < -0.4 is 10.6 Å². The standard InChI is InChI=1S/C13H22N4/c1-3-16-6-8-17(9-7-16)13-10-12(11(2)14)4-5-15-13/h4-5,10-11H,3,6-9,14H2,1-2H3. The first-order chi connectivity index (χ1) is 8.20. The van der Waals surface area contributed by atoms with Crippen molar-refractivity contribution in [3.8, 4) is 0 Å². The number of hydrogen-bond acceptors (Lipinski definition) is 4. The minimum atomic E-state index is 0.0775. The lowest BCUT2D eigenvalue weighted by molar-refractivity contribution is 0.270. The molecule has 0 aliphatic carbocycles. The summed E-state index contributed by atoms with van der Waals surface area (Å²) in [6.07, 6.45) is 1.86. The molecule has 1 aliphatic rings. The van der Waals surface area contributed by atoms with Crippen molar-refractivity contribution in [1.82, 2.24) is 9.88 Å². The Bertz CT molecular complexity index is 356. The maximum absolute atomic E-state index is 5.90. The van der Waals surface area contributed by atoms with Gasteiger partial charge in [0.05, 0.1) is 0 Å². The van der Waals surface area contributed by atoms with Crippen LogP contribution in [0.5, 0.6) is 0 Å². The van der Waals surface area contributed by atoms with E-state index in [1.807, 2.05) is 19.2 Å². The zero-order chi connectivity index (χ0) is 12.3. The third-order valence-electron chi connectivity index (χ3n) is 3.44. The summed E-state index contributed by atoms with van der Waals surface area (Å²) in [5.74, 6) is 1.07. The Hall–Kier alpha value is -1.13. The number of pyridine rings is 1. The Morgan fingerprint density at radius 3 is 2.65 bits per heavy atom. The Labute approximate surface area is 103 Å². The van der Waals surface area contributed by atoms with Crippen LogP contribution in [0.1, 0.15) is 25.5 Å². The average molecular weight is 234 g/mol. The molecular weight excluding hydrogens is 212 g/mol. The topological polar surface area (TPSA) is 45.4 Å².